The summed E-state index contributed by atoms with van der Waals surface area (Å²) in [5.41, 5.74) is 1.63. The summed E-state index contributed by atoms with van der Waals surface area (Å²) in [7, 11) is 0. The summed E-state index contributed by atoms with van der Waals surface area (Å²) < 4.78 is 0. The number of Topliss-reactive ketones (excluding diaryl/α,β-unsaturated/α-hetero) is 1. The van der Waals surface area contributed by atoms with E-state index in [-0.39, 0.29) is 18.2 Å². The van der Waals surface area contributed by atoms with Crippen molar-refractivity contribution in [2.75, 3.05) is 6.54 Å². The van der Waals surface area contributed by atoms with E-state index in [2.05, 4.69) is 16.0 Å². The van der Waals surface area contributed by atoms with Gasteiger partial charge < -0.3 is 16.0 Å². The van der Waals surface area contributed by atoms with Gasteiger partial charge in [-0.15, -0.1) is 0 Å². The van der Waals surface area contributed by atoms with E-state index in [1.165, 1.54) is 0 Å². The van der Waals surface area contributed by atoms with Crippen LogP contribution in [0.3, 0.4) is 0 Å². The van der Waals surface area contributed by atoms with Crippen molar-refractivity contribution < 1.29 is 19.2 Å². The van der Waals surface area contributed by atoms with Gasteiger partial charge in [-0.05, 0) is 36.8 Å². The highest BCUT2D eigenvalue weighted by Crippen LogP contribution is 2.25. The number of carbonyl (C=O) groups excluding carboxylic acids is 4. The average molecular weight is 466 g/mol. The number of nitrogens with one attached hydrogen (secondary N) is 3. The van der Waals surface area contributed by atoms with Crippen molar-refractivity contribution in [3.8, 4) is 0 Å². The molecular weight excluding hydrogens is 430 g/mol. The summed E-state index contributed by atoms with van der Waals surface area (Å²) in [5, 5.41) is 8.04. The largest absolute Gasteiger partial charge is 0.350 e. The van der Waals surface area contributed by atoms with E-state index in [0.717, 1.165) is 11.1 Å². The SMILES string of the molecule is CCNC(=O)C(=O)C(CC)NC(=O)C(CC(C)C)NC(=O)C(c1ccccc1)c1ccccc1. The van der Waals surface area contributed by atoms with E-state index >= 15 is 0 Å². The highest BCUT2D eigenvalue weighted by Gasteiger charge is 2.31. The van der Waals surface area contributed by atoms with Gasteiger partial charge in [0, 0.05) is 6.54 Å². The fraction of sp³-hybridized carbons (Fsp3) is 0.407. The van der Waals surface area contributed by atoms with Crippen LogP contribution in [0.2, 0.25) is 0 Å². The summed E-state index contributed by atoms with van der Waals surface area (Å²) in [6.07, 6.45) is 0.653. The summed E-state index contributed by atoms with van der Waals surface area (Å²) in [4.78, 5) is 51.1. The van der Waals surface area contributed by atoms with Gasteiger partial charge in [-0.1, -0.05) is 81.4 Å². The van der Waals surface area contributed by atoms with Gasteiger partial charge in [0.15, 0.2) is 0 Å². The van der Waals surface area contributed by atoms with Gasteiger partial charge in [-0.2, -0.15) is 0 Å². The number of benzene rings is 2. The topological polar surface area (TPSA) is 104 Å². The van der Waals surface area contributed by atoms with Crippen molar-refractivity contribution in [1.29, 1.82) is 0 Å². The Labute approximate surface area is 201 Å². The minimum atomic E-state index is -0.954. The van der Waals surface area contributed by atoms with Gasteiger partial charge in [0.2, 0.25) is 17.6 Å². The maximum atomic E-state index is 13.5. The van der Waals surface area contributed by atoms with Crippen molar-refractivity contribution in [2.45, 2.75) is 58.5 Å². The molecule has 0 saturated carbocycles. The third kappa shape index (κ3) is 7.54. The second-order valence-electron chi connectivity index (χ2n) is 8.64. The Morgan fingerprint density at radius 2 is 1.24 bits per heavy atom. The van der Waals surface area contributed by atoms with Crippen LogP contribution in [0, 0.1) is 5.92 Å². The van der Waals surface area contributed by atoms with Crippen molar-refractivity contribution in [3.63, 3.8) is 0 Å². The van der Waals surface area contributed by atoms with E-state index in [4.69, 9.17) is 0 Å². The number of likely N-dealkylation sites (N-methyl/N-ethyl adjacent to an activating group) is 1. The number of ketones is 1. The van der Waals surface area contributed by atoms with Crippen molar-refractivity contribution >= 4 is 23.5 Å². The monoisotopic (exact) mass is 465 g/mol. The molecule has 2 aromatic carbocycles. The molecular formula is C27H35N3O4. The zero-order chi connectivity index (χ0) is 25.1. The summed E-state index contributed by atoms with van der Waals surface area (Å²) >= 11 is 0. The third-order valence-electron chi connectivity index (χ3n) is 5.47. The molecule has 0 aliphatic heterocycles. The first kappa shape index (κ1) is 26.8. The average Bonchev–Trinajstić information content (AvgIpc) is 2.83. The molecule has 2 aromatic rings. The molecule has 0 saturated heterocycles. The minimum absolute atomic E-state index is 0.113. The molecule has 0 aromatic heterocycles. The summed E-state index contributed by atoms with van der Waals surface area (Å²) in [5.74, 6) is -2.69. The van der Waals surface area contributed by atoms with Crippen molar-refractivity contribution in [2.24, 2.45) is 5.92 Å². The van der Waals surface area contributed by atoms with E-state index in [1.807, 2.05) is 74.5 Å². The molecule has 3 N–H and O–H groups in total. The molecule has 0 bridgehead atoms. The van der Waals surface area contributed by atoms with Gasteiger partial charge >= 0.3 is 0 Å². The fourth-order valence-corrected chi connectivity index (χ4v) is 3.78. The molecule has 7 nitrogen and oxygen atoms in total. The Balaban J connectivity index is 2.26. The molecule has 2 rings (SSSR count). The molecule has 34 heavy (non-hydrogen) atoms. The molecule has 0 fully saturated rings. The summed E-state index contributed by atoms with van der Waals surface area (Å²) in [6.45, 7) is 7.67. The minimum Gasteiger partial charge on any atom is -0.350 e. The first-order valence-corrected chi connectivity index (χ1v) is 11.8. The van der Waals surface area contributed by atoms with Crippen LogP contribution in [0.1, 0.15) is 57.6 Å². The number of hydrogen-bond acceptors (Lipinski definition) is 4. The van der Waals surface area contributed by atoms with Crippen molar-refractivity contribution in [1.82, 2.24) is 16.0 Å². The highest BCUT2D eigenvalue weighted by molar-refractivity contribution is 6.38. The Morgan fingerprint density at radius 1 is 0.735 bits per heavy atom. The molecule has 0 aliphatic carbocycles. The predicted octanol–water partition coefficient (Wildman–Crippen LogP) is 2.95. The third-order valence-corrected chi connectivity index (χ3v) is 5.47. The maximum absolute atomic E-state index is 13.5. The van der Waals surface area contributed by atoms with E-state index < -0.39 is 35.6 Å². The second kappa shape index (κ2) is 13.3. The molecule has 0 heterocycles. The lowest BCUT2D eigenvalue weighted by Crippen LogP contribution is -2.54. The van der Waals surface area contributed by atoms with Crippen LogP contribution in [0.15, 0.2) is 60.7 Å². The van der Waals surface area contributed by atoms with Gasteiger partial charge in [-0.3, -0.25) is 19.2 Å². The first-order chi connectivity index (χ1) is 16.3. The van der Waals surface area contributed by atoms with Crippen molar-refractivity contribution in [3.05, 3.63) is 71.8 Å². The predicted molar refractivity (Wildman–Crippen MR) is 132 cm³/mol. The second-order valence-corrected chi connectivity index (χ2v) is 8.64. The van der Waals surface area contributed by atoms with Gasteiger partial charge in [0.1, 0.15) is 6.04 Å². The van der Waals surface area contributed by atoms with Crippen LogP contribution in [0.4, 0.5) is 0 Å². The molecule has 0 aliphatic rings. The first-order valence-electron chi connectivity index (χ1n) is 11.8. The maximum Gasteiger partial charge on any atom is 0.289 e. The Hall–Kier alpha value is -3.48. The molecule has 2 unspecified atom stereocenters. The van der Waals surface area contributed by atoms with Crippen LogP contribution in [0.5, 0.6) is 0 Å². The van der Waals surface area contributed by atoms with E-state index in [0.29, 0.717) is 13.0 Å². The van der Waals surface area contributed by atoms with E-state index in [1.54, 1.807) is 13.8 Å². The van der Waals surface area contributed by atoms with Crippen LogP contribution in [0.25, 0.3) is 0 Å². The number of hydrogen-bond donors (Lipinski definition) is 3. The van der Waals surface area contributed by atoms with Crippen LogP contribution in [-0.2, 0) is 19.2 Å². The molecule has 3 amide bonds. The van der Waals surface area contributed by atoms with Crippen LogP contribution in [-0.4, -0.2) is 42.1 Å². The lowest BCUT2D eigenvalue weighted by Gasteiger charge is -2.26. The smallest absolute Gasteiger partial charge is 0.289 e. The highest BCUT2D eigenvalue weighted by atomic mass is 16.2. The summed E-state index contributed by atoms with van der Waals surface area (Å²) in [6, 6.07) is 17.0. The Kier molecular flexibility index (Phi) is 10.5. The lowest BCUT2D eigenvalue weighted by atomic mass is 9.90. The molecule has 2 atom stereocenters. The Morgan fingerprint density at radius 3 is 1.68 bits per heavy atom. The standard InChI is InChI=1S/C27H35N3O4/c1-5-21(24(31)27(34)28-6-2)29-25(32)22(17-18(3)4)30-26(33)23(19-13-9-7-10-14-19)20-15-11-8-12-16-20/h7-16,18,21-23H,5-6,17H2,1-4H3,(H,28,34)(H,29,32)(H,30,33). The normalized spacial score (nSPS) is 12.6. The quantitative estimate of drug-likeness (QED) is 0.419. The molecule has 0 radical (unpaired) electrons. The van der Waals surface area contributed by atoms with Crippen LogP contribution < -0.4 is 16.0 Å². The fourth-order valence-electron chi connectivity index (χ4n) is 3.78. The number of carbonyl (C=O) groups is 4. The van der Waals surface area contributed by atoms with E-state index in [9.17, 15) is 19.2 Å². The zero-order valence-corrected chi connectivity index (χ0v) is 20.3. The van der Waals surface area contributed by atoms with Crippen LogP contribution >= 0.6 is 0 Å². The molecule has 182 valence electrons. The number of amides is 3. The number of rotatable bonds is 12. The zero-order valence-electron chi connectivity index (χ0n) is 20.3. The molecule has 7 heteroatoms. The lowest BCUT2D eigenvalue weighted by molar-refractivity contribution is -0.140. The van der Waals surface area contributed by atoms with Gasteiger partial charge in [-0.25, -0.2) is 0 Å². The van der Waals surface area contributed by atoms with Gasteiger partial charge in [0.05, 0.1) is 12.0 Å². The van der Waals surface area contributed by atoms with Gasteiger partial charge in [0.25, 0.3) is 5.91 Å². The molecule has 0 spiro atoms. The Bertz CT molecular complexity index is 921.